The number of nitrogens with one attached hydrogen (secondary N) is 1. The fourth-order valence-electron chi connectivity index (χ4n) is 2.71. The van der Waals surface area contributed by atoms with Crippen molar-refractivity contribution in [2.75, 3.05) is 5.43 Å². The SMILES string of the molecule is Cc1nc(-c2ccccn2)ncc1OC(=O)Nn1cc(C)c2ncccc21. The van der Waals surface area contributed by atoms with Gasteiger partial charge >= 0.3 is 6.09 Å². The summed E-state index contributed by atoms with van der Waals surface area (Å²) in [5.74, 6) is 0.748. The molecule has 1 amide bonds. The number of aryl methyl sites for hydroxylation is 2. The first kappa shape index (κ1) is 16.6. The van der Waals surface area contributed by atoms with Crippen LogP contribution in [0.4, 0.5) is 4.79 Å². The third-order valence-electron chi connectivity index (χ3n) is 3.98. The molecule has 0 aliphatic rings. The highest BCUT2D eigenvalue weighted by Gasteiger charge is 2.13. The van der Waals surface area contributed by atoms with E-state index in [9.17, 15) is 4.79 Å². The number of pyridine rings is 2. The number of ether oxygens (including phenoxy) is 1. The van der Waals surface area contributed by atoms with E-state index >= 15 is 0 Å². The van der Waals surface area contributed by atoms with Gasteiger partial charge in [0.2, 0.25) is 0 Å². The molecule has 4 heterocycles. The molecule has 0 unspecified atom stereocenters. The van der Waals surface area contributed by atoms with E-state index in [1.165, 1.54) is 6.20 Å². The molecule has 0 spiro atoms. The van der Waals surface area contributed by atoms with Crippen LogP contribution in [0.15, 0.2) is 55.1 Å². The summed E-state index contributed by atoms with van der Waals surface area (Å²) < 4.78 is 6.94. The van der Waals surface area contributed by atoms with Gasteiger partial charge in [-0.15, -0.1) is 0 Å². The van der Waals surface area contributed by atoms with Crippen LogP contribution in [-0.2, 0) is 0 Å². The number of carbonyl (C=O) groups is 1. The Morgan fingerprint density at radius 2 is 1.93 bits per heavy atom. The Hall–Kier alpha value is -3.81. The molecular weight excluding hydrogens is 344 g/mol. The van der Waals surface area contributed by atoms with Gasteiger partial charge < -0.3 is 4.74 Å². The molecule has 0 aliphatic heterocycles. The van der Waals surface area contributed by atoms with Gasteiger partial charge in [0.1, 0.15) is 5.69 Å². The van der Waals surface area contributed by atoms with Crippen LogP contribution in [0.25, 0.3) is 22.6 Å². The standard InChI is InChI=1S/C19H16N6O2/c1-12-11-25(15-7-5-9-21-17(12)15)24-19(26)27-16-10-22-18(23-13(16)2)14-6-3-4-8-20-14/h3-11H,1-2H3,(H,24,26). The maximum atomic E-state index is 12.3. The highest BCUT2D eigenvalue weighted by Crippen LogP contribution is 2.20. The lowest BCUT2D eigenvalue weighted by Crippen LogP contribution is -2.25. The topological polar surface area (TPSA) is 94.8 Å². The minimum absolute atomic E-state index is 0.276. The van der Waals surface area contributed by atoms with Crippen LogP contribution in [0.3, 0.4) is 0 Å². The normalized spacial score (nSPS) is 10.7. The fraction of sp³-hybridized carbons (Fsp3) is 0.105. The van der Waals surface area contributed by atoms with Crippen LogP contribution in [0.1, 0.15) is 11.3 Å². The molecule has 0 saturated carbocycles. The Kier molecular flexibility index (Phi) is 4.21. The van der Waals surface area contributed by atoms with Gasteiger partial charge in [0.05, 0.1) is 22.9 Å². The lowest BCUT2D eigenvalue weighted by atomic mass is 10.3. The van der Waals surface area contributed by atoms with Crippen molar-refractivity contribution in [3.63, 3.8) is 0 Å². The fourth-order valence-corrected chi connectivity index (χ4v) is 2.71. The summed E-state index contributed by atoms with van der Waals surface area (Å²) >= 11 is 0. The maximum absolute atomic E-state index is 12.3. The Labute approximate surface area is 154 Å². The lowest BCUT2D eigenvalue weighted by molar-refractivity contribution is 0.211. The predicted molar refractivity (Wildman–Crippen MR) is 99.9 cm³/mol. The maximum Gasteiger partial charge on any atom is 0.432 e. The third-order valence-corrected chi connectivity index (χ3v) is 3.98. The Balaban J connectivity index is 1.53. The zero-order valence-corrected chi connectivity index (χ0v) is 14.7. The third kappa shape index (κ3) is 3.32. The summed E-state index contributed by atoms with van der Waals surface area (Å²) in [6.07, 6.45) is 5.98. The predicted octanol–water partition coefficient (Wildman–Crippen LogP) is 3.25. The smallest absolute Gasteiger partial charge is 0.406 e. The summed E-state index contributed by atoms with van der Waals surface area (Å²) in [4.78, 5) is 29.4. The van der Waals surface area contributed by atoms with Crippen molar-refractivity contribution in [2.45, 2.75) is 13.8 Å². The van der Waals surface area contributed by atoms with E-state index in [1.807, 2.05) is 31.2 Å². The van der Waals surface area contributed by atoms with Crippen LogP contribution < -0.4 is 10.2 Å². The molecule has 8 heteroatoms. The number of nitrogens with zero attached hydrogens (tertiary/aromatic N) is 5. The first-order chi connectivity index (χ1) is 13.1. The van der Waals surface area contributed by atoms with Gasteiger partial charge in [-0.25, -0.2) is 20.2 Å². The highest BCUT2D eigenvalue weighted by molar-refractivity contribution is 5.84. The van der Waals surface area contributed by atoms with E-state index in [-0.39, 0.29) is 5.75 Å². The molecule has 0 atom stereocenters. The molecule has 4 aromatic heterocycles. The average molecular weight is 360 g/mol. The van der Waals surface area contributed by atoms with Crippen molar-refractivity contribution in [1.29, 1.82) is 0 Å². The molecule has 8 nitrogen and oxygen atoms in total. The number of hydrogen-bond acceptors (Lipinski definition) is 6. The molecule has 4 rings (SSSR count). The van der Waals surface area contributed by atoms with Crippen molar-refractivity contribution in [1.82, 2.24) is 24.6 Å². The summed E-state index contributed by atoms with van der Waals surface area (Å²) in [7, 11) is 0. The minimum Gasteiger partial charge on any atom is -0.406 e. The van der Waals surface area contributed by atoms with Crippen molar-refractivity contribution in [3.05, 3.63) is 66.4 Å². The van der Waals surface area contributed by atoms with Crippen LogP contribution >= 0.6 is 0 Å². The number of amides is 1. The zero-order valence-electron chi connectivity index (χ0n) is 14.7. The second-order valence-corrected chi connectivity index (χ2v) is 5.91. The molecule has 27 heavy (non-hydrogen) atoms. The Morgan fingerprint density at radius 3 is 2.70 bits per heavy atom. The number of aromatic nitrogens is 5. The van der Waals surface area contributed by atoms with Gasteiger partial charge in [0, 0.05) is 18.6 Å². The molecule has 4 aromatic rings. The lowest BCUT2D eigenvalue weighted by Gasteiger charge is -2.10. The Bertz CT molecular complexity index is 1120. The molecule has 1 N–H and O–H groups in total. The molecule has 0 bridgehead atoms. The highest BCUT2D eigenvalue weighted by atomic mass is 16.6. The van der Waals surface area contributed by atoms with E-state index in [4.69, 9.17) is 4.74 Å². The van der Waals surface area contributed by atoms with E-state index < -0.39 is 6.09 Å². The summed E-state index contributed by atoms with van der Waals surface area (Å²) in [5.41, 5.74) is 6.41. The van der Waals surface area contributed by atoms with Crippen molar-refractivity contribution < 1.29 is 9.53 Å². The van der Waals surface area contributed by atoms with Gasteiger partial charge in [0.15, 0.2) is 11.6 Å². The first-order valence-electron chi connectivity index (χ1n) is 8.28. The van der Waals surface area contributed by atoms with Gasteiger partial charge in [-0.2, -0.15) is 0 Å². The van der Waals surface area contributed by atoms with E-state index in [0.717, 1.165) is 16.6 Å². The second kappa shape index (κ2) is 6.83. The monoisotopic (exact) mass is 360 g/mol. The van der Waals surface area contributed by atoms with Crippen LogP contribution in [0, 0.1) is 13.8 Å². The van der Waals surface area contributed by atoms with Crippen molar-refractivity contribution >= 4 is 17.1 Å². The second-order valence-electron chi connectivity index (χ2n) is 5.91. The molecular formula is C19H16N6O2. The van der Waals surface area contributed by atoms with E-state index in [1.54, 1.807) is 36.3 Å². The largest absolute Gasteiger partial charge is 0.432 e. The number of rotatable bonds is 3. The number of fused-ring (bicyclic) bond motifs is 1. The van der Waals surface area contributed by atoms with Gasteiger partial charge in [-0.1, -0.05) is 6.07 Å². The molecule has 0 saturated heterocycles. The average Bonchev–Trinajstić information content (AvgIpc) is 3.00. The minimum atomic E-state index is -0.645. The molecule has 134 valence electrons. The van der Waals surface area contributed by atoms with E-state index in [0.29, 0.717) is 17.2 Å². The molecule has 0 aromatic carbocycles. The molecule has 0 fully saturated rings. The van der Waals surface area contributed by atoms with Crippen LogP contribution in [-0.4, -0.2) is 30.7 Å². The molecule has 0 radical (unpaired) electrons. The van der Waals surface area contributed by atoms with E-state index in [2.05, 4.69) is 25.4 Å². The summed E-state index contributed by atoms with van der Waals surface area (Å²) in [6.45, 7) is 3.67. The van der Waals surface area contributed by atoms with Crippen molar-refractivity contribution in [2.24, 2.45) is 0 Å². The summed E-state index contributed by atoms with van der Waals surface area (Å²) in [6, 6.07) is 9.16. The first-order valence-corrected chi connectivity index (χ1v) is 8.28. The van der Waals surface area contributed by atoms with Crippen LogP contribution in [0.5, 0.6) is 5.75 Å². The van der Waals surface area contributed by atoms with Gasteiger partial charge in [-0.05, 0) is 43.7 Å². The van der Waals surface area contributed by atoms with Crippen LogP contribution in [0.2, 0.25) is 0 Å². The number of hydrogen-bond donors (Lipinski definition) is 1. The van der Waals surface area contributed by atoms with Crippen molar-refractivity contribution in [3.8, 4) is 17.3 Å². The molecule has 0 aliphatic carbocycles. The van der Waals surface area contributed by atoms with Gasteiger partial charge in [-0.3, -0.25) is 14.6 Å². The summed E-state index contributed by atoms with van der Waals surface area (Å²) in [5, 5.41) is 0. The number of carbonyl (C=O) groups excluding carboxylic acids is 1. The quantitative estimate of drug-likeness (QED) is 0.603. The van der Waals surface area contributed by atoms with Gasteiger partial charge in [0.25, 0.3) is 0 Å². The Morgan fingerprint density at radius 1 is 1.07 bits per heavy atom. The zero-order chi connectivity index (χ0) is 18.8.